The van der Waals surface area contributed by atoms with Gasteiger partial charge in [-0.2, -0.15) is 0 Å². The molecule has 1 amide bonds. The Balaban J connectivity index is 1.69. The van der Waals surface area contributed by atoms with E-state index in [-0.39, 0.29) is 11.5 Å². The van der Waals surface area contributed by atoms with Gasteiger partial charge in [-0.15, -0.1) is 0 Å². The molecule has 0 radical (unpaired) electrons. The number of fused-ring (bicyclic) bond motifs is 1. The van der Waals surface area contributed by atoms with E-state index in [1.807, 2.05) is 18.2 Å². The largest absolute Gasteiger partial charge is 0.489 e. The van der Waals surface area contributed by atoms with Gasteiger partial charge >= 0.3 is 5.97 Å². The molecule has 2 heterocycles. The number of carboxylic acids is 1. The third-order valence-electron chi connectivity index (χ3n) is 6.12. The first-order valence-corrected chi connectivity index (χ1v) is 11.0. The van der Waals surface area contributed by atoms with E-state index in [4.69, 9.17) is 16.3 Å². The van der Waals surface area contributed by atoms with Crippen LogP contribution in [0.15, 0.2) is 55.1 Å². The molecular formula is C26H25ClN2O4. The van der Waals surface area contributed by atoms with Crippen molar-refractivity contribution in [2.45, 2.75) is 19.9 Å². The zero-order chi connectivity index (χ0) is 23.7. The second-order valence-corrected chi connectivity index (χ2v) is 8.49. The summed E-state index contributed by atoms with van der Waals surface area (Å²) in [5.41, 5.74) is 4.70. The molecule has 1 N–H and O–H groups in total. The molecule has 1 aromatic heterocycles. The fourth-order valence-electron chi connectivity index (χ4n) is 4.29. The molecule has 2 aromatic carbocycles. The van der Waals surface area contributed by atoms with E-state index in [0.29, 0.717) is 53.7 Å². The number of hydrogen-bond donors (Lipinski definition) is 1. The second-order valence-electron chi connectivity index (χ2n) is 8.05. The van der Waals surface area contributed by atoms with Gasteiger partial charge in [-0.25, -0.2) is 4.79 Å². The van der Waals surface area contributed by atoms with Crippen molar-refractivity contribution < 1.29 is 19.4 Å². The van der Waals surface area contributed by atoms with Gasteiger partial charge in [-0.1, -0.05) is 36.4 Å². The highest BCUT2D eigenvalue weighted by atomic mass is 35.5. The van der Waals surface area contributed by atoms with Crippen molar-refractivity contribution >= 4 is 23.5 Å². The molecule has 0 unspecified atom stereocenters. The lowest BCUT2D eigenvalue weighted by Gasteiger charge is -2.30. The fourth-order valence-corrected chi connectivity index (χ4v) is 4.46. The Bertz CT molecular complexity index is 1260. The zero-order valence-corrected chi connectivity index (χ0v) is 19.4. The van der Waals surface area contributed by atoms with Crippen molar-refractivity contribution in [3.05, 3.63) is 88.1 Å². The number of aromatic nitrogens is 1. The van der Waals surface area contributed by atoms with Crippen molar-refractivity contribution in [1.82, 2.24) is 9.47 Å². The van der Waals surface area contributed by atoms with Crippen molar-refractivity contribution in [1.29, 1.82) is 0 Å². The summed E-state index contributed by atoms with van der Waals surface area (Å²) in [6, 6.07) is 12.6. The molecule has 6 nitrogen and oxygen atoms in total. The first kappa shape index (κ1) is 22.7. The third kappa shape index (κ3) is 4.26. The van der Waals surface area contributed by atoms with Gasteiger partial charge in [0.2, 0.25) is 0 Å². The fraction of sp³-hybridized carbons (Fsp3) is 0.231. The number of carbonyl (C=O) groups excluding carboxylic acids is 1. The molecule has 0 bridgehead atoms. The average Bonchev–Trinajstić information content (AvgIpc) is 3.11. The number of hydrogen-bond acceptors (Lipinski definition) is 3. The van der Waals surface area contributed by atoms with Gasteiger partial charge in [0, 0.05) is 53.2 Å². The summed E-state index contributed by atoms with van der Waals surface area (Å²) in [4.78, 5) is 27.1. The molecule has 0 aliphatic carbocycles. The Morgan fingerprint density at radius 2 is 2.00 bits per heavy atom. The lowest BCUT2D eigenvalue weighted by Crippen LogP contribution is -2.36. The number of carbonyl (C=O) groups is 2. The minimum atomic E-state index is -1.01. The quantitative estimate of drug-likeness (QED) is 0.514. The maximum atomic E-state index is 13.6. The standard InChI is InChI=1S/C26H25ClN2O4/c1-4-12-33-24-7-5-6-17-15-29(11-10-19(17)24)25(30)20-9-8-18(27)13-22(20)23-14-21(26(31)32)16(2)28(23)3/h4-9,13-14H,1,10-12,15H2,2-3H3,(H,31,32). The molecule has 0 atom stereocenters. The van der Waals surface area contributed by atoms with Crippen molar-refractivity contribution in [2.75, 3.05) is 13.2 Å². The first-order valence-electron chi connectivity index (χ1n) is 10.6. The van der Waals surface area contributed by atoms with Crippen LogP contribution in [0.1, 0.15) is 37.5 Å². The number of amides is 1. The van der Waals surface area contributed by atoms with E-state index in [1.54, 1.807) is 53.8 Å². The predicted octanol–water partition coefficient (Wildman–Crippen LogP) is 5.12. The van der Waals surface area contributed by atoms with Gasteiger partial charge in [0.15, 0.2) is 0 Å². The Kier molecular flexibility index (Phi) is 6.29. The number of nitrogens with zero attached hydrogens (tertiary/aromatic N) is 2. The Morgan fingerprint density at radius 3 is 2.70 bits per heavy atom. The molecule has 7 heteroatoms. The Hall–Kier alpha value is -3.51. The molecule has 0 saturated carbocycles. The second kappa shape index (κ2) is 9.16. The van der Waals surface area contributed by atoms with Crippen LogP contribution >= 0.6 is 11.6 Å². The third-order valence-corrected chi connectivity index (χ3v) is 6.36. The van der Waals surface area contributed by atoms with E-state index in [9.17, 15) is 14.7 Å². The van der Waals surface area contributed by atoms with Gasteiger partial charge in [-0.3, -0.25) is 4.79 Å². The lowest BCUT2D eigenvalue weighted by atomic mass is 9.96. The van der Waals surface area contributed by atoms with E-state index < -0.39 is 5.97 Å². The first-order chi connectivity index (χ1) is 15.8. The van der Waals surface area contributed by atoms with Crippen LogP contribution in [-0.4, -0.2) is 39.6 Å². The van der Waals surface area contributed by atoms with Gasteiger partial charge in [0.05, 0.1) is 5.56 Å². The van der Waals surface area contributed by atoms with Crippen LogP contribution in [0.25, 0.3) is 11.3 Å². The van der Waals surface area contributed by atoms with Crippen molar-refractivity contribution in [3.63, 3.8) is 0 Å². The van der Waals surface area contributed by atoms with Crippen LogP contribution in [-0.2, 0) is 20.0 Å². The van der Waals surface area contributed by atoms with Crippen LogP contribution in [0.3, 0.4) is 0 Å². The average molecular weight is 465 g/mol. The molecular weight excluding hydrogens is 440 g/mol. The van der Waals surface area contributed by atoms with E-state index >= 15 is 0 Å². The predicted molar refractivity (Wildman–Crippen MR) is 128 cm³/mol. The summed E-state index contributed by atoms with van der Waals surface area (Å²) >= 11 is 6.27. The summed E-state index contributed by atoms with van der Waals surface area (Å²) in [7, 11) is 1.79. The van der Waals surface area contributed by atoms with Crippen LogP contribution in [0, 0.1) is 6.92 Å². The maximum absolute atomic E-state index is 13.6. The van der Waals surface area contributed by atoms with Gasteiger partial charge < -0.3 is 19.3 Å². The van der Waals surface area contributed by atoms with Crippen LogP contribution < -0.4 is 4.74 Å². The molecule has 4 rings (SSSR count). The molecule has 3 aromatic rings. The summed E-state index contributed by atoms with van der Waals surface area (Å²) in [6.07, 6.45) is 2.39. The number of halogens is 1. The highest BCUT2D eigenvalue weighted by Gasteiger charge is 2.27. The molecule has 33 heavy (non-hydrogen) atoms. The Morgan fingerprint density at radius 1 is 1.21 bits per heavy atom. The molecule has 1 aliphatic heterocycles. The van der Waals surface area contributed by atoms with Crippen molar-refractivity contribution in [3.8, 4) is 17.0 Å². The van der Waals surface area contributed by atoms with Gasteiger partial charge in [0.25, 0.3) is 5.91 Å². The normalized spacial score (nSPS) is 12.9. The Labute approximate surface area is 197 Å². The number of benzene rings is 2. The monoisotopic (exact) mass is 464 g/mol. The molecule has 0 spiro atoms. The smallest absolute Gasteiger partial charge is 0.337 e. The summed E-state index contributed by atoms with van der Waals surface area (Å²) < 4.78 is 7.56. The maximum Gasteiger partial charge on any atom is 0.337 e. The minimum Gasteiger partial charge on any atom is -0.489 e. The topological polar surface area (TPSA) is 71.8 Å². The van der Waals surface area contributed by atoms with E-state index in [1.165, 1.54) is 0 Å². The molecule has 1 aliphatic rings. The summed E-state index contributed by atoms with van der Waals surface area (Å²) in [5.74, 6) is -0.306. The highest BCUT2D eigenvalue weighted by molar-refractivity contribution is 6.31. The number of carboxylic acid groups (broad SMARTS) is 1. The van der Waals surface area contributed by atoms with E-state index in [2.05, 4.69) is 6.58 Å². The number of aromatic carboxylic acids is 1. The van der Waals surface area contributed by atoms with E-state index in [0.717, 1.165) is 16.9 Å². The number of ether oxygens (including phenoxy) is 1. The summed E-state index contributed by atoms with van der Waals surface area (Å²) in [5, 5.41) is 10.0. The van der Waals surface area contributed by atoms with Crippen LogP contribution in [0.2, 0.25) is 5.02 Å². The molecule has 0 fully saturated rings. The molecule has 0 saturated heterocycles. The SMILES string of the molecule is C=CCOc1cccc2c1CCN(C(=O)c1ccc(Cl)cc1-c1cc(C(=O)O)c(C)n1C)C2. The summed E-state index contributed by atoms with van der Waals surface area (Å²) in [6.45, 7) is 6.89. The minimum absolute atomic E-state index is 0.125. The lowest BCUT2D eigenvalue weighted by molar-refractivity contribution is 0.0694. The number of rotatable bonds is 6. The van der Waals surface area contributed by atoms with Crippen molar-refractivity contribution in [2.24, 2.45) is 7.05 Å². The van der Waals surface area contributed by atoms with Crippen LogP contribution in [0.4, 0.5) is 0 Å². The highest BCUT2D eigenvalue weighted by Crippen LogP contribution is 2.33. The van der Waals surface area contributed by atoms with Gasteiger partial charge in [-0.05, 0) is 49.2 Å². The van der Waals surface area contributed by atoms with Gasteiger partial charge in [0.1, 0.15) is 12.4 Å². The van der Waals surface area contributed by atoms with Crippen LogP contribution in [0.5, 0.6) is 5.75 Å². The molecule has 170 valence electrons. The zero-order valence-electron chi connectivity index (χ0n) is 18.6.